The number of ether oxygens (including phenoxy) is 1. The summed E-state index contributed by atoms with van der Waals surface area (Å²) in [6.45, 7) is 0. The summed E-state index contributed by atoms with van der Waals surface area (Å²) in [6, 6.07) is 8.73. The van der Waals surface area contributed by atoms with Crippen LogP contribution in [0.3, 0.4) is 0 Å². The molecule has 4 N–H and O–H groups in total. The molecule has 0 amide bonds. The number of nitrogen functional groups attached to an aromatic ring is 1. The van der Waals surface area contributed by atoms with Gasteiger partial charge in [0.1, 0.15) is 11.5 Å². The van der Waals surface area contributed by atoms with Crippen LogP contribution in [-0.4, -0.2) is 23.5 Å². The number of nitrogens with one attached hydrogen (secondary N) is 1. The van der Waals surface area contributed by atoms with Crippen molar-refractivity contribution in [1.82, 2.24) is 4.98 Å². The summed E-state index contributed by atoms with van der Waals surface area (Å²) in [7, 11) is 1.80. The van der Waals surface area contributed by atoms with E-state index in [0.29, 0.717) is 22.9 Å². The van der Waals surface area contributed by atoms with E-state index < -0.39 is 0 Å². The van der Waals surface area contributed by atoms with Gasteiger partial charge in [-0.1, -0.05) is 5.16 Å². The lowest BCUT2D eigenvalue weighted by atomic mass is 10.2. The number of oxime groups is 1. The first kappa shape index (κ1) is 12.7. The predicted molar refractivity (Wildman–Crippen MR) is 74.1 cm³/mol. The number of benzene rings is 1. The van der Waals surface area contributed by atoms with Gasteiger partial charge in [0.25, 0.3) is 0 Å². The van der Waals surface area contributed by atoms with Crippen LogP contribution in [0.15, 0.2) is 41.7 Å². The van der Waals surface area contributed by atoms with Crippen LogP contribution in [-0.2, 0) is 0 Å². The molecule has 6 heteroatoms. The fraction of sp³-hybridized carbons (Fsp3) is 0.0769. The molecule has 0 spiro atoms. The van der Waals surface area contributed by atoms with Gasteiger partial charge in [0.05, 0.1) is 23.3 Å². The van der Waals surface area contributed by atoms with Gasteiger partial charge in [0.2, 0.25) is 0 Å². The number of hydrogen-bond acceptors (Lipinski definition) is 6. The van der Waals surface area contributed by atoms with Crippen LogP contribution in [0.5, 0.6) is 11.5 Å². The molecule has 98 valence electrons. The number of nitrogens with two attached hydrogens (primary N) is 1. The van der Waals surface area contributed by atoms with Crippen molar-refractivity contribution in [2.24, 2.45) is 5.16 Å². The van der Waals surface area contributed by atoms with Crippen molar-refractivity contribution < 1.29 is 9.94 Å². The molecule has 2 aromatic rings. The Labute approximate surface area is 110 Å². The molecule has 0 aliphatic rings. The fourth-order valence-electron chi connectivity index (χ4n) is 1.59. The maximum atomic E-state index is 8.46. The topological polar surface area (TPSA) is 92.8 Å². The molecule has 0 radical (unpaired) electrons. The van der Waals surface area contributed by atoms with Gasteiger partial charge in [0, 0.05) is 25.4 Å². The van der Waals surface area contributed by atoms with Crippen molar-refractivity contribution in [3.8, 4) is 11.5 Å². The molecule has 0 aliphatic carbocycles. The van der Waals surface area contributed by atoms with Gasteiger partial charge >= 0.3 is 0 Å². The monoisotopic (exact) mass is 258 g/mol. The van der Waals surface area contributed by atoms with Crippen LogP contribution in [0.25, 0.3) is 0 Å². The largest absolute Gasteiger partial charge is 0.457 e. The Morgan fingerprint density at radius 1 is 1.32 bits per heavy atom. The van der Waals surface area contributed by atoms with Crippen LogP contribution in [0, 0.1) is 0 Å². The molecule has 2 rings (SSSR count). The first-order valence-corrected chi connectivity index (χ1v) is 5.61. The molecule has 19 heavy (non-hydrogen) atoms. The van der Waals surface area contributed by atoms with Gasteiger partial charge in [-0.05, 0) is 18.2 Å². The van der Waals surface area contributed by atoms with Crippen molar-refractivity contribution in [2.75, 3.05) is 18.1 Å². The molecule has 0 saturated carbocycles. The lowest BCUT2D eigenvalue weighted by Gasteiger charge is -2.09. The molecule has 1 heterocycles. The van der Waals surface area contributed by atoms with Crippen molar-refractivity contribution in [2.45, 2.75) is 0 Å². The molecule has 1 aromatic carbocycles. The van der Waals surface area contributed by atoms with Crippen molar-refractivity contribution in [3.63, 3.8) is 0 Å². The highest BCUT2D eigenvalue weighted by Crippen LogP contribution is 2.27. The Balaban J connectivity index is 2.21. The summed E-state index contributed by atoms with van der Waals surface area (Å²) >= 11 is 0. The van der Waals surface area contributed by atoms with E-state index in [1.54, 1.807) is 31.4 Å². The number of aromatic nitrogens is 1. The average molecular weight is 258 g/mol. The highest BCUT2D eigenvalue weighted by Gasteiger charge is 2.02. The molecular formula is C13H14N4O2. The van der Waals surface area contributed by atoms with E-state index in [4.69, 9.17) is 15.7 Å². The molecule has 0 unspecified atom stereocenters. The number of nitrogens with zero attached hydrogens (tertiary/aromatic N) is 2. The Bertz CT molecular complexity index is 599. The lowest BCUT2D eigenvalue weighted by molar-refractivity contribution is 0.321. The summed E-state index contributed by atoms with van der Waals surface area (Å²) in [5, 5.41) is 14.4. The summed E-state index contributed by atoms with van der Waals surface area (Å²) in [5.74, 6) is 1.20. The third kappa shape index (κ3) is 3.12. The quantitative estimate of drug-likeness (QED) is 0.338. The summed E-state index contributed by atoms with van der Waals surface area (Å²) < 4.78 is 5.65. The van der Waals surface area contributed by atoms with E-state index >= 15 is 0 Å². The van der Waals surface area contributed by atoms with E-state index in [2.05, 4.69) is 15.5 Å². The Hall–Kier alpha value is -2.76. The molecule has 0 atom stereocenters. The molecule has 0 saturated heterocycles. The van der Waals surface area contributed by atoms with Gasteiger partial charge in [-0.2, -0.15) is 0 Å². The SMILES string of the molecule is CNc1ccc(Oc2ccnc(C=NO)c2)cc1N. The van der Waals surface area contributed by atoms with Crippen molar-refractivity contribution in [1.29, 1.82) is 0 Å². The first-order chi connectivity index (χ1) is 9.22. The Morgan fingerprint density at radius 2 is 2.11 bits per heavy atom. The van der Waals surface area contributed by atoms with E-state index in [9.17, 15) is 0 Å². The molecule has 0 fully saturated rings. The number of pyridine rings is 1. The maximum absolute atomic E-state index is 8.46. The van der Waals surface area contributed by atoms with Crippen LogP contribution >= 0.6 is 0 Å². The highest BCUT2D eigenvalue weighted by molar-refractivity contribution is 5.76. The fourth-order valence-corrected chi connectivity index (χ4v) is 1.59. The third-order valence-electron chi connectivity index (χ3n) is 2.47. The average Bonchev–Trinajstić information content (AvgIpc) is 2.40. The summed E-state index contributed by atoms with van der Waals surface area (Å²) in [5.41, 5.74) is 7.80. The Morgan fingerprint density at radius 3 is 2.79 bits per heavy atom. The van der Waals surface area contributed by atoms with Gasteiger partial charge in [-0.25, -0.2) is 0 Å². The Kier molecular flexibility index (Phi) is 3.82. The normalized spacial score (nSPS) is 10.6. The third-order valence-corrected chi connectivity index (χ3v) is 2.47. The number of rotatable bonds is 4. The minimum atomic E-state index is 0.500. The summed E-state index contributed by atoms with van der Waals surface area (Å²) in [4.78, 5) is 3.99. The first-order valence-electron chi connectivity index (χ1n) is 5.61. The molecular weight excluding hydrogens is 244 g/mol. The van der Waals surface area contributed by atoms with Gasteiger partial charge < -0.3 is 21.0 Å². The van der Waals surface area contributed by atoms with E-state index in [1.807, 2.05) is 12.1 Å². The zero-order chi connectivity index (χ0) is 13.7. The van der Waals surface area contributed by atoms with E-state index in [0.717, 1.165) is 5.69 Å². The standard InChI is InChI=1S/C13H14N4O2/c1-15-13-3-2-10(7-12(13)14)19-11-4-5-16-9(6-11)8-17-18/h2-8,15,18H,14H2,1H3. The second kappa shape index (κ2) is 5.72. The lowest BCUT2D eigenvalue weighted by Crippen LogP contribution is -1.96. The van der Waals surface area contributed by atoms with Crippen LogP contribution in [0.4, 0.5) is 11.4 Å². The second-order valence-corrected chi connectivity index (χ2v) is 3.76. The zero-order valence-corrected chi connectivity index (χ0v) is 10.4. The minimum Gasteiger partial charge on any atom is -0.457 e. The van der Waals surface area contributed by atoms with Gasteiger partial charge in [-0.3, -0.25) is 4.98 Å². The van der Waals surface area contributed by atoms with E-state index in [1.165, 1.54) is 6.21 Å². The second-order valence-electron chi connectivity index (χ2n) is 3.76. The summed E-state index contributed by atoms with van der Waals surface area (Å²) in [6.07, 6.45) is 2.79. The number of anilines is 2. The van der Waals surface area contributed by atoms with Crippen LogP contribution < -0.4 is 15.8 Å². The van der Waals surface area contributed by atoms with E-state index in [-0.39, 0.29) is 0 Å². The smallest absolute Gasteiger partial charge is 0.131 e. The highest BCUT2D eigenvalue weighted by atomic mass is 16.5. The maximum Gasteiger partial charge on any atom is 0.131 e. The predicted octanol–water partition coefficient (Wildman–Crippen LogP) is 2.31. The molecule has 0 bridgehead atoms. The molecule has 6 nitrogen and oxygen atoms in total. The van der Waals surface area contributed by atoms with Crippen LogP contribution in [0.2, 0.25) is 0 Å². The van der Waals surface area contributed by atoms with Crippen LogP contribution in [0.1, 0.15) is 5.69 Å². The molecule has 0 aliphatic heterocycles. The number of hydrogen-bond donors (Lipinski definition) is 3. The van der Waals surface area contributed by atoms with Crippen molar-refractivity contribution >= 4 is 17.6 Å². The van der Waals surface area contributed by atoms with Gasteiger partial charge in [-0.15, -0.1) is 0 Å². The van der Waals surface area contributed by atoms with Crippen molar-refractivity contribution in [3.05, 3.63) is 42.2 Å². The molecule has 1 aromatic heterocycles. The van der Waals surface area contributed by atoms with Gasteiger partial charge in [0.15, 0.2) is 0 Å². The zero-order valence-electron chi connectivity index (χ0n) is 10.4. The minimum absolute atomic E-state index is 0.500.